The van der Waals surface area contributed by atoms with E-state index in [9.17, 15) is 4.79 Å². The molecular weight excluding hydrogens is 210 g/mol. The van der Waals surface area contributed by atoms with Crippen LogP contribution in [0.25, 0.3) is 0 Å². The Morgan fingerprint density at radius 3 is 2.82 bits per heavy atom. The topological polar surface area (TPSA) is 20.3 Å². The lowest BCUT2D eigenvalue weighted by atomic mass is 9.87. The number of carbonyl (C=O) groups excluding carboxylic acids is 1. The normalized spacial score (nSPS) is 31.9. The summed E-state index contributed by atoms with van der Waals surface area (Å²) in [5.41, 5.74) is 1.40. The lowest BCUT2D eigenvalue weighted by Gasteiger charge is -2.23. The van der Waals surface area contributed by atoms with E-state index in [1.807, 2.05) is 0 Å². The number of benzene rings is 1. The molecule has 0 aromatic heterocycles. The molecule has 0 amide bonds. The first-order chi connectivity index (χ1) is 8.38. The summed E-state index contributed by atoms with van der Waals surface area (Å²) < 4.78 is 0. The average molecular weight is 229 g/mol. The van der Waals surface area contributed by atoms with Gasteiger partial charge in [-0.15, -0.1) is 0 Å². The second kappa shape index (κ2) is 4.61. The van der Waals surface area contributed by atoms with Gasteiger partial charge in [0.2, 0.25) is 0 Å². The monoisotopic (exact) mass is 229 g/mol. The van der Waals surface area contributed by atoms with E-state index in [4.69, 9.17) is 0 Å². The minimum absolute atomic E-state index is 0.620. The lowest BCUT2D eigenvalue weighted by Crippen LogP contribution is -2.29. The number of nitrogens with zero attached hydrogens (tertiary/aromatic N) is 1. The first-order valence-electron chi connectivity index (χ1n) is 6.62. The highest BCUT2D eigenvalue weighted by Crippen LogP contribution is 2.43. The summed E-state index contributed by atoms with van der Waals surface area (Å²) in [4.78, 5) is 13.3. The van der Waals surface area contributed by atoms with Crippen molar-refractivity contribution in [3.05, 3.63) is 35.9 Å². The van der Waals surface area contributed by atoms with Crippen LogP contribution in [0, 0.1) is 5.92 Å². The zero-order valence-corrected chi connectivity index (χ0v) is 10.1. The van der Waals surface area contributed by atoms with E-state index in [1.54, 1.807) is 0 Å². The number of hydrogen-bond donors (Lipinski definition) is 0. The highest BCUT2D eigenvalue weighted by Gasteiger charge is 2.45. The fraction of sp³-hybridized carbons (Fsp3) is 0.533. The van der Waals surface area contributed by atoms with Gasteiger partial charge in [0.25, 0.3) is 0 Å². The van der Waals surface area contributed by atoms with Crippen LogP contribution in [0.5, 0.6) is 0 Å². The van der Waals surface area contributed by atoms with E-state index in [0.717, 1.165) is 25.3 Å². The maximum Gasteiger partial charge on any atom is 0.120 e. The third-order valence-electron chi connectivity index (χ3n) is 4.42. The largest absolute Gasteiger partial charge is 0.303 e. The van der Waals surface area contributed by atoms with Crippen LogP contribution in [0.15, 0.2) is 30.3 Å². The molecule has 0 spiro atoms. The van der Waals surface area contributed by atoms with Gasteiger partial charge in [-0.05, 0) is 30.7 Å². The molecule has 1 aromatic carbocycles. The van der Waals surface area contributed by atoms with Crippen molar-refractivity contribution in [1.29, 1.82) is 0 Å². The van der Waals surface area contributed by atoms with Crippen LogP contribution >= 0.6 is 0 Å². The fourth-order valence-electron chi connectivity index (χ4n) is 3.65. The molecule has 3 rings (SSSR count). The predicted molar refractivity (Wildman–Crippen MR) is 67.6 cm³/mol. The van der Waals surface area contributed by atoms with Crippen molar-refractivity contribution >= 4 is 6.29 Å². The van der Waals surface area contributed by atoms with Crippen LogP contribution in [-0.4, -0.2) is 23.3 Å². The van der Waals surface area contributed by atoms with Gasteiger partial charge in [0.1, 0.15) is 6.29 Å². The van der Waals surface area contributed by atoms with Gasteiger partial charge in [0, 0.05) is 25.0 Å². The van der Waals surface area contributed by atoms with E-state index >= 15 is 0 Å². The molecule has 1 aromatic rings. The molecule has 90 valence electrons. The molecule has 2 fully saturated rings. The Morgan fingerprint density at radius 1 is 1.24 bits per heavy atom. The van der Waals surface area contributed by atoms with Gasteiger partial charge in [-0.3, -0.25) is 4.90 Å². The van der Waals surface area contributed by atoms with Gasteiger partial charge in [-0.25, -0.2) is 0 Å². The molecule has 2 heteroatoms. The number of aldehydes is 1. The Kier molecular flexibility index (Phi) is 2.98. The Hall–Kier alpha value is -1.15. The van der Waals surface area contributed by atoms with Crippen LogP contribution in [0.4, 0.5) is 0 Å². The van der Waals surface area contributed by atoms with Crippen molar-refractivity contribution in [3.63, 3.8) is 0 Å². The fourth-order valence-corrected chi connectivity index (χ4v) is 3.65. The van der Waals surface area contributed by atoms with Crippen LogP contribution in [0.3, 0.4) is 0 Å². The number of carbonyl (C=O) groups is 1. The quantitative estimate of drug-likeness (QED) is 0.740. The average Bonchev–Trinajstić information content (AvgIpc) is 2.88. The summed E-state index contributed by atoms with van der Waals surface area (Å²) in [6.45, 7) is 1.06. The van der Waals surface area contributed by atoms with E-state index < -0.39 is 0 Å². The summed E-state index contributed by atoms with van der Waals surface area (Å²) >= 11 is 0. The van der Waals surface area contributed by atoms with Gasteiger partial charge < -0.3 is 4.79 Å². The van der Waals surface area contributed by atoms with Gasteiger partial charge in [0.05, 0.1) is 0 Å². The van der Waals surface area contributed by atoms with Gasteiger partial charge in [0.15, 0.2) is 0 Å². The first-order valence-corrected chi connectivity index (χ1v) is 6.62. The molecular formula is C15H19NO. The zero-order chi connectivity index (χ0) is 11.7. The van der Waals surface area contributed by atoms with Crippen LogP contribution < -0.4 is 0 Å². The third kappa shape index (κ3) is 2.02. The molecule has 2 bridgehead atoms. The van der Waals surface area contributed by atoms with Crippen molar-refractivity contribution in [2.75, 3.05) is 0 Å². The molecule has 17 heavy (non-hydrogen) atoms. The Balaban J connectivity index is 1.71. The SMILES string of the molecule is O=CC[C@@H]1C[C@H]2CC[C@@H]1N2Cc1ccccc1. The minimum atomic E-state index is 0.620. The van der Waals surface area contributed by atoms with Crippen LogP contribution in [0.1, 0.15) is 31.2 Å². The molecule has 0 saturated carbocycles. The molecule has 0 aliphatic carbocycles. The molecule has 0 radical (unpaired) electrons. The second-order valence-electron chi connectivity index (χ2n) is 5.35. The molecule has 0 N–H and O–H groups in total. The predicted octanol–water partition coefficient (Wildman–Crippen LogP) is 2.63. The highest BCUT2D eigenvalue weighted by molar-refractivity contribution is 5.50. The number of rotatable bonds is 4. The molecule has 2 heterocycles. The van der Waals surface area contributed by atoms with E-state index in [0.29, 0.717) is 12.0 Å². The van der Waals surface area contributed by atoms with E-state index in [-0.39, 0.29) is 0 Å². The Bertz CT molecular complexity index is 389. The van der Waals surface area contributed by atoms with Crippen molar-refractivity contribution < 1.29 is 4.79 Å². The molecule has 0 unspecified atom stereocenters. The molecule has 3 atom stereocenters. The summed E-state index contributed by atoms with van der Waals surface area (Å²) in [6.07, 6.45) is 5.71. The second-order valence-corrected chi connectivity index (χ2v) is 5.35. The smallest absolute Gasteiger partial charge is 0.120 e. The molecule has 2 nitrogen and oxygen atoms in total. The Labute approximate surface area is 103 Å². The Morgan fingerprint density at radius 2 is 2.06 bits per heavy atom. The van der Waals surface area contributed by atoms with Crippen molar-refractivity contribution in [2.24, 2.45) is 5.92 Å². The summed E-state index contributed by atoms with van der Waals surface area (Å²) in [6, 6.07) is 12.1. The summed E-state index contributed by atoms with van der Waals surface area (Å²) in [7, 11) is 0. The van der Waals surface area contributed by atoms with Crippen molar-refractivity contribution in [1.82, 2.24) is 4.90 Å². The maximum absolute atomic E-state index is 10.7. The highest BCUT2D eigenvalue weighted by atomic mass is 16.1. The van der Waals surface area contributed by atoms with Crippen LogP contribution in [-0.2, 0) is 11.3 Å². The third-order valence-corrected chi connectivity index (χ3v) is 4.42. The summed E-state index contributed by atoms with van der Waals surface area (Å²) in [5.74, 6) is 0.620. The zero-order valence-electron chi connectivity index (χ0n) is 10.1. The molecule has 2 aliphatic rings. The molecule has 2 saturated heterocycles. The van der Waals surface area contributed by atoms with Gasteiger partial charge in [-0.1, -0.05) is 30.3 Å². The van der Waals surface area contributed by atoms with E-state index in [1.165, 1.54) is 24.8 Å². The lowest BCUT2D eigenvalue weighted by molar-refractivity contribution is -0.108. The maximum atomic E-state index is 10.7. The van der Waals surface area contributed by atoms with Crippen molar-refractivity contribution in [2.45, 2.75) is 44.3 Å². The number of fused-ring (bicyclic) bond motifs is 2. The van der Waals surface area contributed by atoms with Crippen LogP contribution in [0.2, 0.25) is 0 Å². The summed E-state index contributed by atoms with van der Waals surface area (Å²) in [5, 5.41) is 0. The minimum Gasteiger partial charge on any atom is -0.303 e. The van der Waals surface area contributed by atoms with Gasteiger partial charge >= 0.3 is 0 Å². The first kappa shape index (κ1) is 11.0. The number of hydrogen-bond acceptors (Lipinski definition) is 2. The van der Waals surface area contributed by atoms with Crippen molar-refractivity contribution in [3.8, 4) is 0 Å². The van der Waals surface area contributed by atoms with E-state index in [2.05, 4.69) is 35.2 Å². The standard InChI is InChI=1S/C15H19NO/c17-9-8-13-10-14-6-7-15(13)16(14)11-12-4-2-1-3-5-12/h1-5,9,13-15H,6-8,10-11H2/t13-,14-,15+/m1/s1. The van der Waals surface area contributed by atoms with Gasteiger partial charge in [-0.2, -0.15) is 0 Å². The molecule has 2 aliphatic heterocycles.